The van der Waals surface area contributed by atoms with Crippen molar-refractivity contribution in [2.75, 3.05) is 26.7 Å². The maximum absolute atomic E-state index is 13.3. The Morgan fingerprint density at radius 1 is 1.15 bits per heavy atom. The summed E-state index contributed by atoms with van der Waals surface area (Å²) in [5.74, 6) is 0.789. The molecule has 1 N–H and O–H groups in total. The monoisotopic (exact) mass is 469 g/mol. The number of carbonyl (C=O) groups is 3. The first-order valence-corrected chi connectivity index (χ1v) is 12.4. The van der Waals surface area contributed by atoms with Crippen LogP contribution in [0.15, 0.2) is 41.8 Å². The Balaban J connectivity index is 1.30. The summed E-state index contributed by atoms with van der Waals surface area (Å²) in [5.41, 5.74) is 0.127. The van der Waals surface area contributed by atoms with E-state index < -0.39 is 5.54 Å². The van der Waals surface area contributed by atoms with Gasteiger partial charge < -0.3 is 15.0 Å². The van der Waals surface area contributed by atoms with Crippen molar-refractivity contribution < 1.29 is 19.1 Å². The molecule has 0 saturated carbocycles. The van der Waals surface area contributed by atoms with Crippen LogP contribution in [0.1, 0.15) is 36.6 Å². The molecule has 2 saturated heterocycles. The van der Waals surface area contributed by atoms with E-state index in [1.165, 1.54) is 9.78 Å². The van der Waals surface area contributed by atoms with Gasteiger partial charge in [-0.05, 0) is 67.7 Å². The Hall–Kier alpha value is -2.87. The van der Waals surface area contributed by atoms with Gasteiger partial charge in [0.25, 0.3) is 5.91 Å². The lowest BCUT2D eigenvalue weighted by Crippen LogP contribution is -2.54. The Labute approximate surface area is 198 Å². The van der Waals surface area contributed by atoms with Gasteiger partial charge in [0.05, 0.1) is 7.11 Å². The summed E-state index contributed by atoms with van der Waals surface area (Å²) >= 11 is 1.67. The minimum absolute atomic E-state index is 0.0151. The fraction of sp³-hybridized carbons (Fsp3) is 0.480. The Morgan fingerprint density at radius 3 is 2.52 bits per heavy atom. The number of amides is 4. The molecule has 176 valence electrons. The van der Waals surface area contributed by atoms with Crippen LogP contribution in [0.4, 0.5) is 4.79 Å². The highest BCUT2D eigenvalue weighted by atomic mass is 32.1. The molecule has 2 fully saturated rings. The van der Waals surface area contributed by atoms with Crippen molar-refractivity contribution in [1.29, 1.82) is 0 Å². The third-order valence-corrected chi connectivity index (χ3v) is 7.85. The number of ether oxygens (including phenoxy) is 1. The molecule has 2 aliphatic rings. The van der Waals surface area contributed by atoms with E-state index in [0.29, 0.717) is 45.3 Å². The number of hydrogen-bond acceptors (Lipinski definition) is 5. The van der Waals surface area contributed by atoms with Crippen LogP contribution >= 0.6 is 11.3 Å². The molecule has 1 aromatic heterocycles. The van der Waals surface area contributed by atoms with Crippen molar-refractivity contribution in [2.45, 2.75) is 44.6 Å². The molecule has 3 heterocycles. The van der Waals surface area contributed by atoms with Crippen molar-refractivity contribution in [2.24, 2.45) is 5.92 Å². The van der Waals surface area contributed by atoms with Gasteiger partial charge in [0.1, 0.15) is 11.3 Å². The summed E-state index contributed by atoms with van der Waals surface area (Å²) in [6.45, 7) is 3.42. The lowest BCUT2D eigenvalue weighted by Gasteiger charge is -2.39. The molecule has 0 aliphatic carbocycles. The number of thiophene rings is 1. The van der Waals surface area contributed by atoms with Crippen molar-refractivity contribution in [3.8, 4) is 5.75 Å². The van der Waals surface area contributed by atoms with E-state index in [0.717, 1.165) is 17.7 Å². The number of aryl methyl sites for hydroxylation is 1. The quantitative estimate of drug-likeness (QED) is 0.601. The number of urea groups is 1. The molecule has 2 aromatic rings. The second-order valence-electron chi connectivity index (χ2n) is 8.92. The lowest BCUT2D eigenvalue weighted by atomic mass is 9.79. The molecular weight excluding hydrogens is 438 g/mol. The average molecular weight is 470 g/mol. The standard InChI is InChI=1S/C25H31N3O4S/c1-25(19-12-14-27(15-13-19)22(29)10-9-21-4-3-17-33-21)23(30)28(24(31)26-25)16-11-18-5-7-20(32-2)8-6-18/h3-8,17,19H,9-16H2,1-2H3,(H,26,31)/t25-/m1/s1. The summed E-state index contributed by atoms with van der Waals surface area (Å²) in [4.78, 5) is 43.0. The van der Waals surface area contributed by atoms with E-state index >= 15 is 0 Å². The highest BCUT2D eigenvalue weighted by Gasteiger charge is 2.52. The van der Waals surface area contributed by atoms with Crippen LogP contribution in [-0.2, 0) is 22.4 Å². The zero-order chi connectivity index (χ0) is 23.4. The second-order valence-corrected chi connectivity index (χ2v) is 9.95. The smallest absolute Gasteiger partial charge is 0.325 e. The van der Waals surface area contributed by atoms with Crippen molar-refractivity contribution in [3.63, 3.8) is 0 Å². The Morgan fingerprint density at radius 2 is 1.88 bits per heavy atom. The third-order valence-electron chi connectivity index (χ3n) is 6.91. The SMILES string of the molecule is COc1ccc(CCN2C(=O)N[C@](C)(C3CCN(C(=O)CCc4cccs4)CC3)C2=O)cc1. The Bertz CT molecular complexity index is 984. The molecule has 4 rings (SSSR count). The second kappa shape index (κ2) is 9.95. The van der Waals surface area contributed by atoms with Gasteiger partial charge >= 0.3 is 6.03 Å². The van der Waals surface area contributed by atoms with Crippen LogP contribution in [-0.4, -0.2) is 59.9 Å². The molecule has 2 aliphatic heterocycles. The van der Waals surface area contributed by atoms with E-state index in [9.17, 15) is 14.4 Å². The number of carbonyl (C=O) groups excluding carboxylic acids is 3. The van der Waals surface area contributed by atoms with Crippen molar-refractivity contribution in [3.05, 3.63) is 52.2 Å². The highest BCUT2D eigenvalue weighted by molar-refractivity contribution is 7.09. The van der Waals surface area contributed by atoms with Crippen LogP contribution < -0.4 is 10.1 Å². The van der Waals surface area contributed by atoms with E-state index in [1.54, 1.807) is 18.4 Å². The molecule has 0 bridgehead atoms. The third kappa shape index (κ3) is 5.05. The average Bonchev–Trinajstić information content (AvgIpc) is 3.43. The van der Waals surface area contributed by atoms with Gasteiger partial charge in [-0.25, -0.2) is 4.79 Å². The number of likely N-dealkylation sites (tertiary alicyclic amines) is 1. The first-order chi connectivity index (χ1) is 15.9. The van der Waals surface area contributed by atoms with E-state index in [2.05, 4.69) is 11.4 Å². The number of piperidine rings is 1. The largest absolute Gasteiger partial charge is 0.497 e. The number of nitrogens with one attached hydrogen (secondary N) is 1. The molecule has 0 unspecified atom stereocenters. The normalized spacial score (nSPS) is 21.4. The topological polar surface area (TPSA) is 79.0 Å². The minimum atomic E-state index is -0.914. The highest BCUT2D eigenvalue weighted by Crippen LogP contribution is 2.33. The zero-order valence-corrected chi connectivity index (χ0v) is 20.0. The number of imide groups is 1. The molecule has 1 atom stereocenters. The number of methoxy groups -OCH3 is 1. The summed E-state index contributed by atoms with van der Waals surface area (Å²) in [5, 5.41) is 4.98. The van der Waals surface area contributed by atoms with Crippen LogP contribution in [0.2, 0.25) is 0 Å². The minimum Gasteiger partial charge on any atom is -0.497 e. The van der Waals surface area contributed by atoms with Crippen LogP contribution in [0.25, 0.3) is 0 Å². The molecule has 0 radical (unpaired) electrons. The fourth-order valence-electron chi connectivity index (χ4n) is 4.78. The van der Waals surface area contributed by atoms with Gasteiger partial charge in [-0.2, -0.15) is 0 Å². The maximum atomic E-state index is 13.3. The summed E-state index contributed by atoms with van der Waals surface area (Å²) in [7, 11) is 1.62. The number of rotatable bonds is 8. The van der Waals surface area contributed by atoms with E-state index in [4.69, 9.17) is 4.74 Å². The summed E-state index contributed by atoms with van der Waals surface area (Å²) < 4.78 is 5.18. The van der Waals surface area contributed by atoms with Gasteiger partial charge in [0, 0.05) is 30.9 Å². The van der Waals surface area contributed by atoms with Gasteiger partial charge in [-0.15, -0.1) is 11.3 Å². The summed E-state index contributed by atoms with van der Waals surface area (Å²) in [6, 6.07) is 11.4. The van der Waals surface area contributed by atoms with Crippen LogP contribution in [0.3, 0.4) is 0 Å². The van der Waals surface area contributed by atoms with E-state index in [1.807, 2.05) is 47.5 Å². The molecule has 7 nitrogen and oxygen atoms in total. The van der Waals surface area contributed by atoms with Crippen molar-refractivity contribution in [1.82, 2.24) is 15.1 Å². The molecule has 33 heavy (non-hydrogen) atoms. The lowest BCUT2D eigenvalue weighted by molar-refractivity contribution is -0.135. The number of hydrogen-bond donors (Lipinski definition) is 1. The van der Waals surface area contributed by atoms with Gasteiger partial charge in [-0.3, -0.25) is 14.5 Å². The van der Waals surface area contributed by atoms with Crippen LogP contribution in [0, 0.1) is 5.92 Å². The first kappa shape index (κ1) is 23.3. The number of benzene rings is 1. The first-order valence-electron chi connectivity index (χ1n) is 11.5. The van der Waals surface area contributed by atoms with Crippen LogP contribution in [0.5, 0.6) is 5.75 Å². The van der Waals surface area contributed by atoms with Gasteiger partial charge in [0.2, 0.25) is 5.91 Å². The molecule has 0 spiro atoms. The predicted octanol–water partition coefficient (Wildman–Crippen LogP) is 3.48. The van der Waals surface area contributed by atoms with Crippen molar-refractivity contribution >= 4 is 29.2 Å². The number of nitrogens with zero attached hydrogens (tertiary/aromatic N) is 2. The molecule has 1 aromatic carbocycles. The predicted molar refractivity (Wildman–Crippen MR) is 127 cm³/mol. The van der Waals surface area contributed by atoms with Gasteiger partial charge in [-0.1, -0.05) is 18.2 Å². The Kier molecular flexibility index (Phi) is 7.02. The summed E-state index contributed by atoms with van der Waals surface area (Å²) in [6.07, 6.45) is 3.29. The fourth-order valence-corrected chi connectivity index (χ4v) is 5.49. The van der Waals surface area contributed by atoms with E-state index in [-0.39, 0.29) is 23.8 Å². The molecule has 8 heteroatoms. The molecule has 4 amide bonds. The maximum Gasteiger partial charge on any atom is 0.325 e. The zero-order valence-electron chi connectivity index (χ0n) is 19.2. The molecular formula is C25H31N3O4S. The van der Waals surface area contributed by atoms with Gasteiger partial charge in [0.15, 0.2) is 0 Å².